The molecule has 106 valence electrons. The molecule has 3 N–H and O–H groups in total. The number of anilines is 1. The van der Waals surface area contributed by atoms with Gasteiger partial charge in [0.05, 0.1) is 12.4 Å². The van der Waals surface area contributed by atoms with E-state index in [2.05, 4.69) is 10.0 Å². The molecule has 1 aromatic rings. The molecule has 1 fully saturated rings. The van der Waals surface area contributed by atoms with Gasteiger partial charge in [-0.3, -0.25) is 4.72 Å². The van der Waals surface area contributed by atoms with Gasteiger partial charge in [0.1, 0.15) is 0 Å². The minimum Gasteiger partial charge on any atom is -0.387 e. The van der Waals surface area contributed by atoms with E-state index in [1.54, 1.807) is 24.3 Å². The van der Waals surface area contributed by atoms with Gasteiger partial charge in [-0.1, -0.05) is 18.6 Å². The van der Waals surface area contributed by atoms with Crippen LogP contribution in [0.25, 0.3) is 0 Å². The number of nitrogens with one attached hydrogen (secondary N) is 2. The Hall–Kier alpha value is -1.11. The standard InChI is InChI=1S/C13H20N2O3S/c1-19(17,18)15-11-7-5-10(6-8-11)13(16)12-4-2-3-9-14-12/h5-8,12-16H,2-4,9H2,1H3. The Morgan fingerprint density at radius 3 is 2.53 bits per heavy atom. The van der Waals surface area contributed by atoms with E-state index in [-0.39, 0.29) is 6.04 Å². The summed E-state index contributed by atoms with van der Waals surface area (Å²) in [7, 11) is -3.26. The highest BCUT2D eigenvalue weighted by molar-refractivity contribution is 7.92. The molecular weight excluding hydrogens is 264 g/mol. The second-order valence-corrected chi connectivity index (χ2v) is 6.75. The SMILES string of the molecule is CS(=O)(=O)Nc1ccc(C(O)C2CCCCN2)cc1. The van der Waals surface area contributed by atoms with Crippen LogP contribution in [0, 0.1) is 0 Å². The van der Waals surface area contributed by atoms with Crippen LogP contribution in [0.1, 0.15) is 30.9 Å². The molecule has 6 heteroatoms. The van der Waals surface area contributed by atoms with Gasteiger partial charge < -0.3 is 10.4 Å². The molecule has 1 aromatic carbocycles. The number of hydrogen-bond donors (Lipinski definition) is 3. The number of aliphatic hydroxyl groups is 1. The van der Waals surface area contributed by atoms with Gasteiger partial charge >= 0.3 is 0 Å². The zero-order valence-electron chi connectivity index (χ0n) is 11.0. The Morgan fingerprint density at radius 1 is 1.32 bits per heavy atom. The molecule has 1 aliphatic rings. The molecule has 2 atom stereocenters. The molecule has 0 saturated carbocycles. The fourth-order valence-electron chi connectivity index (χ4n) is 2.34. The van der Waals surface area contributed by atoms with Crippen LogP contribution in [-0.4, -0.2) is 32.4 Å². The summed E-state index contributed by atoms with van der Waals surface area (Å²) in [6.07, 6.45) is 3.81. The third-order valence-corrected chi connectivity index (χ3v) is 3.89. The topological polar surface area (TPSA) is 78.4 Å². The first-order valence-corrected chi connectivity index (χ1v) is 8.34. The zero-order valence-corrected chi connectivity index (χ0v) is 11.8. The van der Waals surface area contributed by atoms with Crippen LogP contribution in [0.15, 0.2) is 24.3 Å². The van der Waals surface area contributed by atoms with Gasteiger partial charge in [0.15, 0.2) is 0 Å². The van der Waals surface area contributed by atoms with Crippen LogP contribution in [-0.2, 0) is 10.0 Å². The minimum atomic E-state index is -3.26. The lowest BCUT2D eigenvalue weighted by Crippen LogP contribution is -2.38. The van der Waals surface area contributed by atoms with Crippen LogP contribution in [0.2, 0.25) is 0 Å². The Morgan fingerprint density at radius 2 is 2.00 bits per heavy atom. The highest BCUT2D eigenvalue weighted by Crippen LogP contribution is 2.24. The van der Waals surface area contributed by atoms with Crippen LogP contribution in [0.3, 0.4) is 0 Å². The lowest BCUT2D eigenvalue weighted by molar-refractivity contribution is 0.114. The van der Waals surface area contributed by atoms with E-state index < -0.39 is 16.1 Å². The van der Waals surface area contributed by atoms with Crippen molar-refractivity contribution < 1.29 is 13.5 Å². The summed E-state index contributed by atoms with van der Waals surface area (Å²) >= 11 is 0. The normalized spacial score (nSPS) is 21.9. The second-order valence-electron chi connectivity index (χ2n) is 5.00. The third kappa shape index (κ3) is 4.19. The summed E-state index contributed by atoms with van der Waals surface area (Å²) < 4.78 is 24.6. The van der Waals surface area contributed by atoms with Crippen molar-refractivity contribution in [2.45, 2.75) is 31.4 Å². The maximum absolute atomic E-state index is 11.1. The van der Waals surface area contributed by atoms with Crippen LogP contribution < -0.4 is 10.0 Å². The predicted octanol–water partition coefficient (Wildman–Crippen LogP) is 1.23. The summed E-state index contributed by atoms with van der Waals surface area (Å²) in [5.74, 6) is 0. The molecule has 0 spiro atoms. The van der Waals surface area contributed by atoms with Crippen molar-refractivity contribution in [3.63, 3.8) is 0 Å². The highest BCUT2D eigenvalue weighted by Gasteiger charge is 2.22. The van der Waals surface area contributed by atoms with Gasteiger partial charge in [-0.15, -0.1) is 0 Å². The van der Waals surface area contributed by atoms with Gasteiger partial charge in [0.25, 0.3) is 0 Å². The molecule has 2 rings (SSSR count). The smallest absolute Gasteiger partial charge is 0.229 e. The van der Waals surface area contributed by atoms with Crippen molar-refractivity contribution in [3.05, 3.63) is 29.8 Å². The van der Waals surface area contributed by atoms with Crippen LogP contribution >= 0.6 is 0 Å². The van der Waals surface area contributed by atoms with Crippen molar-refractivity contribution in [2.24, 2.45) is 0 Å². The minimum absolute atomic E-state index is 0.0856. The monoisotopic (exact) mass is 284 g/mol. The lowest BCUT2D eigenvalue weighted by Gasteiger charge is -2.28. The van der Waals surface area contributed by atoms with E-state index in [0.29, 0.717) is 5.69 Å². The Bertz CT molecular complexity index is 507. The largest absolute Gasteiger partial charge is 0.387 e. The molecule has 1 saturated heterocycles. The molecular formula is C13H20N2O3S. The van der Waals surface area contributed by atoms with Crippen molar-refractivity contribution in [2.75, 3.05) is 17.5 Å². The first kappa shape index (κ1) is 14.3. The summed E-state index contributed by atoms with van der Waals surface area (Å²) in [6.45, 7) is 0.940. The highest BCUT2D eigenvalue weighted by atomic mass is 32.2. The molecule has 0 amide bonds. The molecule has 2 unspecified atom stereocenters. The maximum atomic E-state index is 11.1. The Labute approximate surface area is 114 Å². The summed E-state index contributed by atoms with van der Waals surface area (Å²) in [6, 6.07) is 6.94. The summed E-state index contributed by atoms with van der Waals surface area (Å²) in [5.41, 5.74) is 1.31. The van der Waals surface area contributed by atoms with Crippen molar-refractivity contribution in [3.8, 4) is 0 Å². The van der Waals surface area contributed by atoms with Gasteiger partial charge in [0.2, 0.25) is 10.0 Å². The quantitative estimate of drug-likeness (QED) is 0.777. The number of sulfonamides is 1. The Kier molecular flexibility index (Phi) is 4.44. The third-order valence-electron chi connectivity index (χ3n) is 3.29. The zero-order chi connectivity index (χ0) is 13.9. The van der Waals surface area contributed by atoms with Crippen molar-refractivity contribution in [1.82, 2.24) is 5.32 Å². The molecule has 0 radical (unpaired) electrons. The number of benzene rings is 1. The van der Waals surface area contributed by atoms with Crippen molar-refractivity contribution >= 4 is 15.7 Å². The average Bonchev–Trinajstić information content (AvgIpc) is 2.38. The number of hydrogen-bond acceptors (Lipinski definition) is 4. The van der Waals surface area contributed by atoms with E-state index in [0.717, 1.165) is 37.6 Å². The number of rotatable bonds is 4. The first-order valence-electron chi connectivity index (χ1n) is 6.45. The van der Waals surface area contributed by atoms with Gasteiger partial charge in [-0.2, -0.15) is 0 Å². The number of aliphatic hydroxyl groups excluding tert-OH is 1. The molecule has 19 heavy (non-hydrogen) atoms. The lowest BCUT2D eigenvalue weighted by atomic mass is 9.95. The van der Waals surface area contributed by atoms with E-state index in [1.165, 1.54) is 0 Å². The van der Waals surface area contributed by atoms with Gasteiger partial charge in [-0.25, -0.2) is 8.42 Å². The molecule has 0 aliphatic carbocycles. The molecule has 1 heterocycles. The van der Waals surface area contributed by atoms with Crippen LogP contribution in [0.5, 0.6) is 0 Å². The van der Waals surface area contributed by atoms with E-state index >= 15 is 0 Å². The average molecular weight is 284 g/mol. The second kappa shape index (κ2) is 5.90. The summed E-state index contributed by atoms with van der Waals surface area (Å²) in [4.78, 5) is 0. The molecule has 1 aliphatic heterocycles. The van der Waals surface area contributed by atoms with E-state index in [9.17, 15) is 13.5 Å². The molecule has 5 nitrogen and oxygen atoms in total. The molecule has 0 aromatic heterocycles. The number of piperidine rings is 1. The summed E-state index contributed by atoms with van der Waals surface area (Å²) in [5, 5.41) is 13.6. The van der Waals surface area contributed by atoms with E-state index in [1.807, 2.05) is 0 Å². The maximum Gasteiger partial charge on any atom is 0.229 e. The van der Waals surface area contributed by atoms with E-state index in [4.69, 9.17) is 0 Å². The first-order chi connectivity index (χ1) is 8.96. The predicted molar refractivity (Wildman–Crippen MR) is 75.5 cm³/mol. The molecule has 0 bridgehead atoms. The fraction of sp³-hybridized carbons (Fsp3) is 0.538. The fourth-order valence-corrected chi connectivity index (χ4v) is 2.91. The van der Waals surface area contributed by atoms with Crippen molar-refractivity contribution in [1.29, 1.82) is 0 Å². The van der Waals surface area contributed by atoms with Gasteiger partial charge in [-0.05, 0) is 37.1 Å². The van der Waals surface area contributed by atoms with Crippen LogP contribution in [0.4, 0.5) is 5.69 Å². The Balaban J connectivity index is 2.04. The van der Waals surface area contributed by atoms with Gasteiger partial charge in [0, 0.05) is 11.7 Å².